The molecule has 2 aromatic rings. The van der Waals surface area contributed by atoms with Crippen molar-refractivity contribution in [3.63, 3.8) is 0 Å². The molecule has 0 bridgehead atoms. The monoisotopic (exact) mass is 399 g/mol. The number of carbonyl (C=O) groups excluding carboxylic acids is 1. The van der Waals surface area contributed by atoms with Crippen molar-refractivity contribution in [2.24, 2.45) is 0 Å². The lowest BCUT2D eigenvalue weighted by Gasteiger charge is -2.29. The number of hydrogen-bond donors (Lipinski definition) is 4. The molecular formula is C22H29N3O4. The molecule has 29 heavy (non-hydrogen) atoms. The number of phenolic OH excluding ortho intramolecular Hbond substituents is 1. The van der Waals surface area contributed by atoms with Crippen molar-refractivity contribution in [1.82, 2.24) is 5.32 Å². The average Bonchev–Trinajstić information content (AvgIpc) is 2.67. The first-order valence-corrected chi connectivity index (χ1v) is 9.64. The first kappa shape index (κ1) is 21.0. The Bertz CT molecular complexity index is 878. The van der Waals surface area contributed by atoms with Gasteiger partial charge in [-0.05, 0) is 50.1 Å². The SMILES string of the molecule is CN(C)c1ccc(CC(C)(C)NC[C@@H](O)c2ccc(O)c3c2OCC(=O)N3)cc1. The summed E-state index contributed by atoms with van der Waals surface area (Å²) in [6.45, 7) is 4.33. The Morgan fingerprint density at radius 3 is 2.55 bits per heavy atom. The minimum absolute atomic E-state index is 0.0848. The van der Waals surface area contributed by atoms with Crippen LogP contribution in [-0.4, -0.2) is 48.9 Å². The fourth-order valence-electron chi connectivity index (χ4n) is 3.41. The highest BCUT2D eigenvalue weighted by Gasteiger charge is 2.27. The van der Waals surface area contributed by atoms with Crippen LogP contribution < -0.4 is 20.3 Å². The summed E-state index contributed by atoms with van der Waals surface area (Å²) in [5.74, 6) is -0.103. The smallest absolute Gasteiger partial charge is 0.262 e. The lowest BCUT2D eigenvalue weighted by atomic mass is 9.94. The maximum absolute atomic E-state index is 11.5. The Labute approximate surface area is 171 Å². The maximum Gasteiger partial charge on any atom is 0.262 e. The van der Waals surface area contributed by atoms with Crippen LogP contribution in [0.1, 0.15) is 31.1 Å². The van der Waals surface area contributed by atoms with Gasteiger partial charge in [-0.15, -0.1) is 0 Å². The fourth-order valence-corrected chi connectivity index (χ4v) is 3.41. The number of nitrogens with zero attached hydrogens (tertiary/aromatic N) is 1. The summed E-state index contributed by atoms with van der Waals surface area (Å²) in [6, 6.07) is 11.5. The molecule has 0 aromatic heterocycles. The van der Waals surface area contributed by atoms with Gasteiger partial charge >= 0.3 is 0 Å². The Balaban J connectivity index is 1.66. The summed E-state index contributed by atoms with van der Waals surface area (Å²) in [5.41, 5.74) is 2.84. The number of anilines is 2. The largest absolute Gasteiger partial charge is 0.506 e. The zero-order chi connectivity index (χ0) is 21.2. The van der Waals surface area contributed by atoms with Gasteiger partial charge in [0.25, 0.3) is 5.91 Å². The van der Waals surface area contributed by atoms with Gasteiger partial charge in [0.2, 0.25) is 0 Å². The molecule has 1 atom stereocenters. The molecule has 1 aliphatic rings. The van der Waals surface area contributed by atoms with E-state index < -0.39 is 6.10 Å². The first-order valence-electron chi connectivity index (χ1n) is 9.64. The average molecular weight is 399 g/mol. The van der Waals surface area contributed by atoms with E-state index in [0.717, 1.165) is 12.1 Å². The summed E-state index contributed by atoms with van der Waals surface area (Å²) >= 11 is 0. The van der Waals surface area contributed by atoms with Crippen LogP contribution in [0.25, 0.3) is 0 Å². The number of nitrogens with one attached hydrogen (secondary N) is 2. The van der Waals surface area contributed by atoms with Crippen LogP contribution in [0.15, 0.2) is 36.4 Å². The normalized spacial score (nSPS) is 14.6. The van der Waals surface area contributed by atoms with Crippen molar-refractivity contribution in [2.45, 2.75) is 31.9 Å². The summed E-state index contributed by atoms with van der Waals surface area (Å²) in [5, 5.41) is 26.7. The predicted octanol–water partition coefficient (Wildman–Crippen LogP) is 2.43. The number of aliphatic hydroxyl groups excluding tert-OH is 1. The highest BCUT2D eigenvalue weighted by Crippen LogP contribution is 2.41. The molecule has 7 nitrogen and oxygen atoms in total. The molecule has 0 saturated carbocycles. The van der Waals surface area contributed by atoms with Gasteiger partial charge in [0.15, 0.2) is 12.4 Å². The predicted molar refractivity (Wildman–Crippen MR) is 114 cm³/mol. The molecule has 3 rings (SSSR count). The van der Waals surface area contributed by atoms with Gasteiger partial charge in [-0.3, -0.25) is 4.79 Å². The lowest BCUT2D eigenvalue weighted by molar-refractivity contribution is -0.118. The number of amides is 1. The molecule has 0 saturated heterocycles. The Kier molecular flexibility index (Phi) is 6.00. The number of benzene rings is 2. The Morgan fingerprint density at radius 2 is 1.90 bits per heavy atom. The topological polar surface area (TPSA) is 94.1 Å². The van der Waals surface area contributed by atoms with Crippen molar-refractivity contribution < 1.29 is 19.7 Å². The van der Waals surface area contributed by atoms with E-state index in [0.29, 0.717) is 17.9 Å². The number of aliphatic hydroxyl groups is 1. The van der Waals surface area contributed by atoms with E-state index in [2.05, 4.69) is 53.6 Å². The van der Waals surface area contributed by atoms with Crippen LogP contribution in [0, 0.1) is 0 Å². The highest BCUT2D eigenvalue weighted by molar-refractivity contribution is 5.97. The third-order valence-corrected chi connectivity index (χ3v) is 5.01. The first-order chi connectivity index (χ1) is 13.7. The molecule has 156 valence electrons. The minimum Gasteiger partial charge on any atom is -0.506 e. The number of phenols is 1. The molecule has 4 N–H and O–H groups in total. The Morgan fingerprint density at radius 1 is 1.21 bits per heavy atom. The molecule has 0 aliphatic carbocycles. The van der Waals surface area contributed by atoms with Crippen LogP contribution in [0.2, 0.25) is 0 Å². The number of fused-ring (bicyclic) bond motifs is 1. The van der Waals surface area contributed by atoms with Crippen molar-refractivity contribution in [1.29, 1.82) is 0 Å². The van der Waals surface area contributed by atoms with Gasteiger partial charge in [0, 0.05) is 37.4 Å². The van der Waals surface area contributed by atoms with Gasteiger partial charge in [-0.2, -0.15) is 0 Å². The second-order valence-corrected chi connectivity index (χ2v) is 8.23. The second kappa shape index (κ2) is 8.31. The van der Waals surface area contributed by atoms with Crippen molar-refractivity contribution in [3.8, 4) is 11.5 Å². The van der Waals surface area contributed by atoms with E-state index in [1.165, 1.54) is 11.6 Å². The number of ether oxygens (including phenoxy) is 1. The molecule has 1 aliphatic heterocycles. The van der Waals surface area contributed by atoms with Crippen molar-refractivity contribution in [2.75, 3.05) is 37.5 Å². The summed E-state index contributed by atoms with van der Waals surface area (Å²) in [4.78, 5) is 13.6. The lowest BCUT2D eigenvalue weighted by Crippen LogP contribution is -2.43. The molecule has 7 heteroatoms. The molecule has 1 heterocycles. The van der Waals surface area contributed by atoms with Gasteiger partial charge < -0.3 is 30.5 Å². The van der Waals surface area contributed by atoms with Gasteiger partial charge in [-0.1, -0.05) is 12.1 Å². The van der Waals surface area contributed by atoms with Crippen LogP contribution in [0.5, 0.6) is 11.5 Å². The molecule has 2 aromatic carbocycles. The van der Waals surface area contributed by atoms with Gasteiger partial charge in [-0.25, -0.2) is 0 Å². The molecule has 1 amide bonds. The van der Waals surface area contributed by atoms with E-state index in [1.807, 2.05) is 14.1 Å². The van der Waals surface area contributed by atoms with E-state index >= 15 is 0 Å². The highest BCUT2D eigenvalue weighted by atomic mass is 16.5. The number of aromatic hydroxyl groups is 1. The van der Waals surface area contributed by atoms with E-state index in [9.17, 15) is 15.0 Å². The van der Waals surface area contributed by atoms with Gasteiger partial charge in [0.1, 0.15) is 11.4 Å². The number of β-amino-alcohol motifs (C(OH)–C–C–N with tert-alkyl or cyclic N) is 1. The van der Waals surface area contributed by atoms with E-state index in [1.54, 1.807) is 6.07 Å². The zero-order valence-corrected chi connectivity index (χ0v) is 17.3. The Hall–Kier alpha value is -2.77. The molecular weight excluding hydrogens is 370 g/mol. The van der Waals surface area contributed by atoms with Crippen LogP contribution >= 0.6 is 0 Å². The molecule has 0 radical (unpaired) electrons. The van der Waals surface area contributed by atoms with Crippen molar-refractivity contribution >= 4 is 17.3 Å². The quantitative estimate of drug-likeness (QED) is 0.535. The van der Waals surface area contributed by atoms with Gasteiger partial charge in [0.05, 0.1) is 6.10 Å². The van der Waals surface area contributed by atoms with Crippen LogP contribution in [0.3, 0.4) is 0 Å². The molecule has 0 spiro atoms. The zero-order valence-electron chi connectivity index (χ0n) is 17.3. The van der Waals surface area contributed by atoms with E-state index in [-0.39, 0.29) is 29.5 Å². The minimum atomic E-state index is -0.852. The van der Waals surface area contributed by atoms with Crippen molar-refractivity contribution in [3.05, 3.63) is 47.5 Å². The number of rotatable bonds is 7. The summed E-state index contributed by atoms with van der Waals surface area (Å²) < 4.78 is 5.46. The fraction of sp³-hybridized carbons (Fsp3) is 0.409. The second-order valence-electron chi connectivity index (χ2n) is 8.23. The van der Waals surface area contributed by atoms with Crippen LogP contribution in [-0.2, 0) is 11.2 Å². The molecule has 0 unspecified atom stereocenters. The molecule has 0 fully saturated rings. The third-order valence-electron chi connectivity index (χ3n) is 5.01. The number of carbonyl (C=O) groups is 1. The summed E-state index contributed by atoms with van der Waals surface area (Å²) in [6.07, 6.45) is -0.0528. The number of hydrogen-bond acceptors (Lipinski definition) is 6. The van der Waals surface area contributed by atoms with E-state index in [4.69, 9.17) is 4.74 Å². The van der Waals surface area contributed by atoms with Crippen LogP contribution in [0.4, 0.5) is 11.4 Å². The standard InChI is InChI=1S/C22H29N3O4/c1-22(2,11-14-5-7-15(8-6-14)25(3)4)23-12-18(27)16-9-10-17(26)20-21(16)29-13-19(28)24-20/h5-10,18,23,26-27H,11-13H2,1-4H3,(H,24,28)/t18-/m1/s1. The summed E-state index contributed by atoms with van der Waals surface area (Å²) in [7, 11) is 4.03. The maximum atomic E-state index is 11.5. The third kappa shape index (κ3) is 4.99.